The van der Waals surface area contributed by atoms with Crippen LogP contribution in [0.15, 0.2) is 59.5 Å². The monoisotopic (exact) mass is 281 g/mol. The molecule has 0 aliphatic rings. The second kappa shape index (κ2) is 5.28. The van der Waals surface area contributed by atoms with Gasteiger partial charge >= 0.3 is 0 Å². The fourth-order valence-electron chi connectivity index (χ4n) is 2.32. The summed E-state index contributed by atoms with van der Waals surface area (Å²) >= 11 is 0. The number of pyridine rings is 2. The van der Waals surface area contributed by atoms with Crippen molar-refractivity contribution >= 4 is 16.7 Å². The van der Waals surface area contributed by atoms with Crippen molar-refractivity contribution in [2.45, 2.75) is 13.0 Å². The summed E-state index contributed by atoms with van der Waals surface area (Å²) in [6, 6.07) is 14.9. The highest BCUT2D eigenvalue weighted by Gasteiger charge is 2.11. The summed E-state index contributed by atoms with van der Waals surface area (Å²) in [7, 11) is 0. The lowest BCUT2D eigenvalue weighted by Crippen LogP contribution is -2.20. The molecule has 5 nitrogen and oxygen atoms in total. The average Bonchev–Trinajstić information content (AvgIpc) is 2.53. The maximum atomic E-state index is 11.8. The minimum Gasteiger partial charge on any atom is -0.423 e. The van der Waals surface area contributed by atoms with Crippen LogP contribution in [0.4, 0.5) is 5.69 Å². The molecular formula is C16H15N3O2. The number of benzene rings is 1. The van der Waals surface area contributed by atoms with E-state index in [9.17, 15) is 10.0 Å². The van der Waals surface area contributed by atoms with E-state index < -0.39 is 5.56 Å². The summed E-state index contributed by atoms with van der Waals surface area (Å²) < 4.78 is 0.563. The van der Waals surface area contributed by atoms with Gasteiger partial charge in [-0.25, -0.2) is 4.98 Å². The molecule has 3 rings (SSSR count). The normalized spacial score (nSPS) is 12.2. The maximum absolute atomic E-state index is 11.8. The van der Waals surface area contributed by atoms with Crippen LogP contribution in [0, 0.1) is 0 Å². The van der Waals surface area contributed by atoms with Crippen molar-refractivity contribution in [3.8, 4) is 0 Å². The van der Waals surface area contributed by atoms with Crippen LogP contribution in [0.5, 0.6) is 0 Å². The molecule has 2 N–H and O–H groups in total. The van der Waals surface area contributed by atoms with Crippen LogP contribution in [0.1, 0.15) is 18.5 Å². The smallest absolute Gasteiger partial charge is 0.286 e. The quantitative estimate of drug-likeness (QED) is 0.724. The van der Waals surface area contributed by atoms with Crippen molar-refractivity contribution in [2.24, 2.45) is 0 Å². The molecule has 2 heterocycles. The minimum absolute atomic E-state index is 0.0311. The molecule has 5 heteroatoms. The third-order valence-corrected chi connectivity index (χ3v) is 3.43. The molecule has 0 bridgehead atoms. The lowest BCUT2D eigenvalue weighted by Gasteiger charge is -2.17. The van der Waals surface area contributed by atoms with Crippen molar-refractivity contribution in [3.63, 3.8) is 0 Å². The predicted octanol–water partition coefficient (Wildman–Crippen LogP) is 2.81. The highest BCUT2D eigenvalue weighted by molar-refractivity contribution is 5.88. The Bertz CT molecular complexity index is 828. The molecule has 0 saturated heterocycles. The van der Waals surface area contributed by atoms with Crippen LogP contribution in [-0.2, 0) is 0 Å². The number of nitrogens with one attached hydrogen (secondary N) is 1. The van der Waals surface area contributed by atoms with E-state index in [1.54, 1.807) is 12.3 Å². The molecule has 0 aliphatic carbocycles. The Kier molecular flexibility index (Phi) is 3.31. The zero-order valence-corrected chi connectivity index (χ0v) is 11.5. The van der Waals surface area contributed by atoms with Gasteiger partial charge in [0, 0.05) is 23.7 Å². The fraction of sp³-hybridized carbons (Fsp3) is 0.125. The third-order valence-electron chi connectivity index (χ3n) is 3.43. The number of nitrogens with zero attached hydrogens (tertiary/aromatic N) is 2. The van der Waals surface area contributed by atoms with Gasteiger partial charge in [0.25, 0.3) is 5.56 Å². The number of anilines is 1. The van der Waals surface area contributed by atoms with Crippen LogP contribution in [0.2, 0.25) is 0 Å². The van der Waals surface area contributed by atoms with Crippen LogP contribution in [-0.4, -0.2) is 14.9 Å². The van der Waals surface area contributed by atoms with E-state index in [4.69, 9.17) is 0 Å². The van der Waals surface area contributed by atoms with E-state index in [1.165, 1.54) is 6.07 Å². The Hall–Kier alpha value is -2.82. The Morgan fingerprint density at radius 3 is 2.71 bits per heavy atom. The predicted molar refractivity (Wildman–Crippen MR) is 81.7 cm³/mol. The summed E-state index contributed by atoms with van der Waals surface area (Å²) in [6.07, 6.45) is 1.54. The summed E-state index contributed by atoms with van der Waals surface area (Å²) in [6.45, 7) is 2.02. The van der Waals surface area contributed by atoms with Gasteiger partial charge in [0.2, 0.25) is 0 Å². The summed E-state index contributed by atoms with van der Waals surface area (Å²) in [5.41, 5.74) is 1.50. The Balaban J connectivity index is 2.05. The third kappa shape index (κ3) is 2.45. The second-order valence-electron chi connectivity index (χ2n) is 4.86. The van der Waals surface area contributed by atoms with Crippen molar-refractivity contribution in [2.75, 3.05) is 5.32 Å². The van der Waals surface area contributed by atoms with Gasteiger partial charge in [-0.15, -0.1) is 4.73 Å². The minimum atomic E-state index is -0.510. The molecule has 0 spiro atoms. The van der Waals surface area contributed by atoms with Gasteiger partial charge in [0.15, 0.2) is 5.65 Å². The molecule has 0 saturated carbocycles. The van der Waals surface area contributed by atoms with Crippen LogP contribution in [0.3, 0.4) is 0 Å². The molecule has 106 valence electrons. The summed E-state index contributed by atoms with van der Waals surface area (Å²) in [5, 5.41) is 13.7. The van der Waals surface area contributed by atoms with Crippen LogP contribution in [0.25, 0.3) is 11.0 Å². The molecule has 0 aliphatic heterocycles. The molecule has 1 atom stereocenters. The summed E-state index contributed by atoms with van der Waals surface area (Å²) in [5.74, 6) is 0. The van der Waals surface area contributed by atoms with E-state index >= 15 is 0 Å². The molecule has 3 aromatic rings. The van der Waals surface area contributed by atoms with Gasteiger partial charge in [-0.2, -0.15) is 0 Å². The number of fused-ring (bicyclic) bond motifs is 1. The lowest BCUT2D eigenvalue weighted by molar-refractivity contribution is 0.187. The topological polar surface area (TPSA) is 67.2 Å². The molecular weight excluding hydrogens is 266 g/mol. The van der Waals surface area contributed by atoms with Crippen LogP contribution < -0.4 is 10.9 Å². The van der Waals surface area contributed by atoms with Gasteiger partial charge in [-0.05, 0) is 24.6 Å². The molecule has 0 amide bonds. The number of rotatable bonds is 3. The number of hydrogen-bond acceptors (Lipinski definition) is 4. The summed E-state index contributed by atoms with van der Waals surface area (Å²) in [4.78, 5) is 15.9. The SMILES string of the molecule is C[C@@H](Nc1cc(=O)n(O)c2ncccc12)c1ccccc1. The Labute approximate surface area is 121 Å². The van der Waals surface area contributed by atoms with Crippen molar-refractivity contribution in [1.82, 2.24) is 9.71 Å². The molecule has 2 aromatic heterocycles. The van der Waals surface area contributed by atoms with E-state index in [1.807, 2.05) is 43.3 Å². The average molecular weight is 281 g/mol. The van der Waals surface area contributed by atoms with E-state index in [0.717, 1.165) is 5.56 Å². The Morgan fingerprint density at radius 1 is 1.19 bits per heavy atom. The van der Waals surface area contributed by atoms with Gasteiger partial charge in [-0.3, -0.25) is 4.79 Å². The first-order chi connectivity index (χ1) is 10.2. The largest absolute Gasteiger partial charge is 0.423 e. The van der Waals surface area contributed by atoms with Gasteiger partial charge in [-0.1, -0.05) is 30.3 Å². The first kappa shape index (κ1) is 13.2. The van der Waals surface area contributed by atoms with E-state index in [2.05, 4.69) is 10.3 Å². The van der Waals surface area contributed by atoms with Crippen LogP contribution >= 0.6 is 0 Å². The number of aromatic nitrogens is 2. The zero-order chi connectivity index (χ0) is 14.8. The van der Waals surface area contributed by atoms with Gasteiger partial charge in [0.05, 0.1) is 5.69 Å². The maximum Gasteiger partial charge on any atom is 0.286 e. The first-order valence-corrected chi connectivity index (χ1v) is 6.68. The van der Waals surface area contributed by atoms with Crippen molar-refractivity contribution in [3.05, 3.63) is 70.6 Å². The molecule has 0 unspecified atom stereocenters. The standard InChI is InChI=1S/C16H15N3O2/c1-11(12-6-3-2-4-7-12)18-14-10-15(20)19(21)16-13(14)8-5-9-17-16/h2-11,18,21H,1H3/t11-/m1/s1. The molecule has 0 fully saturated rings. The molecule has 21 heavy (non-hydrogen) atoms. The lowest BCUT2D eigenvalue weighted by atomic mass is 10.1. The van der Waals surface area contributed by atoms with Gasteiger partial charge in [0.1, 0.15) is 0 Å². The highest BCUT2D eigenvalue weighted by atomic mass is 16.5. The van der Waals surface area contributed by atoms with Crippen molar-refractivity contribution < 1.29 is 5.21 Å². The zero-order valence-electron chi connectivity index (χ0n) is 11.5. The van der Waals surface area contributed by atoms with Gasteiger partial charge < -0.3 is 10.5 Å². The first-order valence-electron chi connectivity index (χ1n) is 6.68. The highest BCUT2D eigenvalue weighted by Crippen LogP contribution is 2.24. The van der Waals surface area contributed by atoms with Crippen molar-refractivity contribution in [1.29, 1.82) is 0 Å². The molecule has 1 aromatic carbocycles. The van der Waals surface area contributed by atoms with E-state index in [-0.39, 0.29) is 11.7 Å². The second-order valence-corrected chi connectivity index (χ2v) is 4.86. The number of hydrogen-bond donors (Lipinski definition) is 2. The fourth-order valence-corrected chi connectivity index (χ4v) is 2.32. The van der Waals surface area contributed by atoms with E-state index in [0.29, 0.717) is 15.8 Å². The Morgan fingerprint density at radius 2 is 1.95 bits per heavy atom. The molecule has 0 radical (unpaired) electrons.